The van der Waals surface area contributed by atoms with Gasteiger partial charge in [0.1, 0.15) is 11.4 Å². The standard InChI is InChI=1S/C47H44F2N6O4/c1-32-29-53(23-24-54(32)33(2)56)46-50-27-37(28-51-46)35-20-21-41-42(26-35)55(52(3)44(41)57)30-36-25-34(19-22-43(36)59-45(48)49)31-58-47(38-13-7-4-8-14-38,39-15-9-5-10-16-39)40-17-11-6-12-18-40/h4-22,25-28,32,45H,23-24,29-31H2,1-3H3/t32-/m1/s1. The number of nitrogens with zero attached hydrogens (tertiary/aromatic N) is 6. The predicted octanol–water partition coefficient (Wildman–Crippen LogP) is 8.01. The first kappa shape index (κ1) is 39.2. The van der Waals surface area contributed by atoms with E-state index in [0.29, 0.717) is 42.0 Å². The Labute approximate surface area is 340 Å². The van der Waals surface area contributed by atoms with E-state index in [9.17, 15) is 18.4 Å². The molecule has 0 bridgehead atoms. The van der Waals surface area contributed by atoms with Gasteiger partial charge in [0, 0.05) is 63.2 Å². The third-order valence-corrected chi connectivity index (χ3v) is 11.1. The van der Waals surface area contributed by atoms with Gasteiger partial charge in [0.25, 0.3) is 5.56 Å². The van der Waals surface area contributed by atoms with Crippen LogP contribution in [0, 0.1) is 0 Å². The fourth-order valence-corrected chi connectivity index (χ4v) is 8.16. The molecule has 1 saturated heterocycles. The van der Waals surface area contributed by atoms with Gasteiger partial charge in [0.05, 0.1) is 24.1 Å². The van der Waals surface area contributed by atoms with Crippen LogP contribution in [-0.4, -0.2) is 62.4 Å². The molecule has 5 aromatic carbocycles. The van der Waals surface area contributed by atoms with E-state index in [4.69, 9.17) is 9.47 Å². The van der Waals surface area contributed by atoms with E-state index in [2.05, 4.69) is 14.9 Å². The van der Waals surface area contributed by atoms with Gasteiger partial charge in [-0.1, -0.05) is 103 Å². The van der Waals surface area contributed by atoms with E-state index in [1.807, 2.05) is 115 Å². The largest absolute Gasteiger partial charge is 0.434 e. The average Bonchev–Trinajstić information content (AvgIpc) is 3.49. The number of amides is 1. The molecule has 1 atom stereocenters. The molecular weight excluding hydrogens is 751 g/mol. The Morgan fingerprint density at radius 1 is 0.814 bits per heavy atom. The molecule has 0 N–H and O–H groups in total. The second kappa shape index (κ2) is 16.7. The number of halogens is 2. The Kier molecular flexibility index (Phi) is 11.1. The van der Waals surface area contributed by atoms with Crippen LogP contribution >= 0.6 is 0 Å². The van der Waals surface area contributed by atoms with E-state index in [1.54, 1.807) is 49.2 Å². The van der Waals surface area contributed by atoms with Crippen molar-refractivity contribution in [2.45, 2.75) is 45.3 Å². The summed E-state index contributed by atoms with van der Waals surface area (Å²) in [4.78, 5) is 38.8. The number of piperazine rings is 1. The number of rotatable bonds is 12. The maximum absolute atomic E-state index is 13.9. The van der Waals surface area contributed by atoms with E-state index in [-0.39, 0.29) is 36.4 Å². The number of aromatic nitrogens is 4. The number of carbonyl (C=O) groups excluding carboxylic acids is 1. The zero-order chi connectivity index (χ0) is 41.1. The highest BCUT2D eigenvalue weighted by molar-refractivity contribution is 5.84. The summed E-state index contributed by atoms with van der Waals surface area (Å²) >= 11 is 0. The lowest BCUT2D eigenvalue weighted by atomic mass is 9.80. The first-order valence-electron chi connectivity index (χ1n) is 19.5. The Hall–Kier alpha value is -6.66. The van der Waals surface area contributed by atoms with Crippen molar-refractivity contribution < 1.29 is 23.0 Å². The zero-order valence-corrected chi connectivity index (χ0v) is 33.0. The van der Waals surface area contributed by atoms with Crippen molar-refractivity contribution in [1.29, 1.82) is 0 Å². The fourth-order valence-electron chi connectivity index (χ4n) is 8.16. The number of hydrogen-bond donors (Lipinski definition) is 0. The van der Waals surface area contributed by atoms with Crippen LogP contribution in [0.4, 0.5) is 14.7 Å². The van der Waals surface area contributed by atoms with Crippen LogP contribution in [0.5, 0.6) is 5.75 Å². The molecule has 1 aliphatic heterocycles. The molecule has 1 fully saturated rings. The SMILES string of the molecule is CC(=O)N1CCN(c2ncc(-c3ccc4c(=O)n(C)n(Cc5cc(COC(c6ccccc6)(c6ccccc6)c6ccccc6)ccc5OC(F)F)c4c3)cn2)C[C@H]1C. The zero-order valence-electron chi connectivity index (χ0n) is 33.0. The van der Waals surface area contributed by atoms with Gasteiger partial charge in [-0.15, -0.1) is 0 Å². The van der Waals surface area contributed by atoms with Gasteiger partial charge >= 0.3 is 6.61 Å². The third kappa shape index (κ3) is 7.83. The summed E-state index contributed by atoms with van der Waals surface area (Å²) in [6, 6.07) is 40.6. The molecule has 1 amide bonds. The summed E-state index contributed by atoms with van der Waals surface area (Å²) in [5.41, 5.74) is 4.87. The summed E-state index contributed by atoms with van der Waals surface area (Å²) in [5, 5.41) is 0.473. The first-order valence-corrected chi connectivity index (χ1v) is 19.5. The minimum absolute atomic E-state index is 0.00270. The number of benzene rings is 5. The number of carbonyl (C=O) groups is 1. The maximum Gasteiger partial charge on any atom is 0.387 e. The van der Waals surface area contributed by atoms with Crippen LogP contribution in [0.1, 0.15) is 41.7 Å². The normalized spacial score (nSPS) is 14.6. The topological polar surface area (TPSA) is 94.7 Å². The van der Waals surface area contributed by atoms with Crippen LogP contribution < -0.4 is 15.2 Å². The molecule has 3 heterocycles. The van der Waals surface area contributed by atoms with Crippen molar-refractivity contribution in [3.05, 3.63) is 178 Å². The van der Waals surface area contributed by atoms with Crippen LogP contribution in [0.2, 0.25) is 0 Å². The second-order valence-corrected chi connectivity index (χ2v) is 14.8. The van der Waals surface area contributed by atoms with Crippen molar-refractivity contribution in [2.24, 2.45) is 7.05 Å². The molecule has 0 radical (unpaired) electrons. The van der Waals surface area contributed by atoms with Gasteiger partial charge < -0.3 is 19.3 Å². The van der Waals surface area contributed by atoms with Crippen molar-refractivity contribution in [2.75, 3.05) is 24.5 Å². The first-order chi connectivity index (χ1) is 28.6. The summed E-state index contributed by atoms with van der Waals surface area (Å²) in [5.74, 6) is 0.623. The predicted molar refractivity (Wildman–Crippen MR) is 223 cm³/mol. The molecule has 7 aromatic rings. The molecule has 8 rings (SSSR count). The number of hydrogen-bond acceptors (Lipinski definition) is 7. The number of anilines is 1. The molecule has 0 unspecified atom stereocenters. The Morgan fingerprint density at radius 2 is 1.42 bits per heavy atom. The molecular formula is C47H44F2N6O4. The van der Waals surface area contributed by atoms with E-state index < -0.39 is 12.2 Å². The Morgan fingerprint density at radius 3 is 1.98 bits per heavy atom. The molecule has 1 aliphatic rings. The summed E-state index contributed by atoms with van der Waals surface area (Å²) in [7, 11) is 1.65. The van der Waals surface area contributed by atoms with Crippen molar-refractivity contribution in [3.63, 3.8) is 0 Å². The van der Waals surface area contributed by atoms with Gasteiger partial charge in [-0.25, -0.2) is 9.97 Å². The van der Waals surface area contributed by atoms with E-state index in [0.717, 1.165) is 33.4 Å². The molecule has 0 aliphatic carbocycles. The fraction of sp³-hybridized carbons (Fsp3) is 0.234. The van der Waals surface area contributed by atoms with Crippen LogP contribution in [0.15, 0.2) is 145 Å². The summed E-state index contributed by atoms with van der Waals surface area (Å²) in [6.07, 6.45) is 3.49. The van der Waals surface area contributed by atoms with Crippen molar-refractivity contribution in [1.82, 2.24) is 24.2 Å². The van der Waals surface area contributed by atoms with Crippen LogP contribution in [-0.2, 0) is 35.3 Å². The summed E-state index contributed by atoms with van der Waals surface area (Å²) < 4.78 is 43.1. The lowest BCUT2D eigenvalue weighted by Gasteiger charge is -2.39. The monoisotopic (exact) mass is 794 g/mol. The lowest BCUT2D eigenvalue weighted by Crippen LogP contribution is -2.53. The quantitative estimate of drug-likeness (QED) is 0.116. The Balaban J connectivity index is 1.12. The molecule has 0 saturated carbocycles. The van der Waals surface area contributed by atoms with Gasteiger partial charge in [-0.05, 0) is 59.0 Å². The van der Waals surface area contributed by atoms with Gasteiger partial charge in [-0.2, -0.15) is 8.78 Å². The van der Waals surface area contributed by atoms with Gasteiger partial charge in [0.2, 0.25) is 11.9 Å². The molecule has 2 aromatic heterocycles. The third-order valence-electron chi connectivity index (χ3n) is 11.1. The maximum atomic E-state index is 13.9. The van der Waals surface area contributed by atoms with E-state index in [1.165, 1.54) is 10.7 Å². The van der Waals surface area contributed by atoms with Gasteiger partial charge in [0.15, 0.2) is 0 Å². The minimum atomic E-state index is -3.06. The van der Waals surface area contributed by atoms with Crippen molar-refractivity contribution in [3.8, 4) is 16.9 Å². The smallest absolute Gasteiger partial charge is 0.387 e. The highest BCUT2D eigenvalue weighted by Gasteiger charge is 2.37. The average molecular weight is 795 g/mol. The number of fused-ring (bicyclic) bond motifs is 1. The number of ether oxygens (including phenoxy) is 2. The molecule has 300 valence electrons. The van der Waals surface area contributed by atoms with Crippen molar-refractivity contribution >= 4 is 22.8 Å². The number of alkyl halides is 2. The molecule has 59 heavy (non-hydrogen) atoms. The molecule has 0 spiro atoms. The lowest BCUT2D eigenvalue weighted by molar-refractivity contribution is -0.131. The van der Waals surface area contributed by atoms with E-state index >= 15 is 0 Å². The summed E-state index contributed by atoms with van der Waals surface area (Å²) in [6.45, 7) is 2.56. The van der Waals surface area contributed by atoms with Gasteiger partial charge in [-0.3, -0.25) is 19.0 Å². The molecule has 12 heteroatoms. The van der Waals surface area contributed by atoms with Crippen LogP contribution in [0.3, 0.4) is 0 Å². The molecule has 10 nitrogen and oxygen atoms in total. The Bertz CT molecular complexity index is 2520. The highest BCUT2D eigenvalue weighted by atomic mass is 19.3. The van der Waals surface area contributed by atoms with Crippen LogP contribution in [0.25, 0.3) is 22.0 Å². The minimum Gasteiger partial charge on any atom is -0.434 e. The highest BCUT2D eigenvalue weighted by Crippen LogP contribution is 2.41. The second-order valence-electron chi connectivity index (χ2n) is 14.8.